The van der Waals surface area contributed by atoms with Crippen molar-refractivity contribution >= 4 is 23.2 Å². The Balaban J connectivity index is 1.79. The van der Waals surface area contributed by atoms with Crippen molar-refractivity contribution in [2.24, 2.45) is 0 Å². The van der Waals surface area contributed by atoms with Crippen LogP contribution in [-0.2, 0) is 4.79 Å². The number of nitrogens with one attached hydrogen (secondary N) is 2. The minimum absolute atomic E-state index is 0.124. The summed E-state index contributed by atoms with van der Waals surface area (Å²) in [4.78, 5) is 32.6. The molecule has 11 nitrogen and oxygen atoms in total. The van der Waals surface area contributed by atoms with E-state index in [9.17, 15) is 9.59 Å². The molecule has 2 aromatic heterocycles. The topological polar surface area (TPSA) is 146 Å². The number of carbonyl (C=O) groups is 1. The molecular weight excluding hydrogens is 464 g/mol. The largest absolute Gasteiger partial charge is 0.493 e. The number of carboxylic acids is 1. The summed E-state index contributed by atoms with van der Waals surface area (Å²) >= 11 is 0. The van der Waals surface area contributed by atoms with Gasteiger partial charge in [0.15, 0.2) is 11.2 Å². The lowest BCUT2D eigenvalue weighted by Gasteiger charge is -2.17. The molecule has 0 aliphatic carbocycles. The van der Waals surface area contributed by atoms with Crippen molar-refractivity contribution in [1.82, 2.24) is 30.3 Å². The number of ether oxygens (including phenoxy) is 2. The predicted octanol–water partition coefficient (Wildman–Crippen LogP) is 2.81. The first-order valence-electron chi connectivity index (χ1n) is 11.3. The van der Waals surface area contributed by atoms with Gasteiger partial charge < -0.3 is 24.5 Å². The standard InChI is InChI=1S/C25H26N6O5/c1-4-35-20-14-16(7-8-17(20)23-26-24-22(25(34)27-23)28-30-29-24)18-13-15(6-10-21(32)33)5-9-19(18)36-12-11-31(2)3/h5-10,13-14H,4,11-12H2,1-3H3,(H,32,33)(H2,26,27,28,29,30,34). The fraction of sp³-hybridized carbons (Fsp3) is 0.240. The fourth-order valence-corrected chi connectivity index (χ4v) is 3.56. The smallest absolute Gasteiger partial charge is 0.328 e. The summed E-state index contributed by atoms with van der Waals surface area (Å²) in [6, 6.07) is 11.0. The third-order valence-electron chi connectivity index (χ3n) is 5.27. The quantitative estimate of drug-likeness (QED) is 0.286. The van der Waals surface area contributed by atoms with Crippen LogP contribution in [0.25, 0.3) is 39.8 Å². The average Bonchev–Trinajstić information content (AvgIpc) is 3.33. The van der Waals surface area contributed by atoms with Gasteiger partial charge >= 0.3 is 5.97 Å². The molecule has 11 heteroatoms. The lowest BCUT2D eigenvalue weighted by atomic mass is 9.99. The normalized spacial score (nSPS) is 11.4. The Labute approximate surface area is 206 Å². The minimum atomic E-state index is -1.03. The van der Waals surface area contributed by atoms with Gasteiger partial charge in [-0.15, -0.1) is 5.10 Å². The van der Waals surface area contributed by atoms with Crippen LogP contribution in [0, 0.1) is 0 Å². The van der Waals surface area contributed by atoms with Gasteiger partial charge in [0.05, 0.1) is 12.2 Å². The van der Waals surface area contributed by atoms with E-state index in [0.717, 1.165) is 23.7 Å². The van der Waals surface area contributed by atoms with Crippen LogP contribution in [-0.4, -0.2) is 75.2 Å². The van der Waals surface area contributed by atoms with Crippen molar-refractivity contribution in [1.29, 1.82) is 0 Å². The van der Waals surface area contributed by atoms with E-state index in [1.165, 1.54) is 6.08 Å². The van der Waals surface area contributed by atoms with E-state index in [-0.39, 0.29) is 11.2 Å². The van der Waals surface area contributed by atoms with Crippen LogP contribution in [0.4, 0.5) is 0 Å². The summed E-state index contributed by atoms with van der Waals surface area (Å²) in [6.07, 6.45) is 2.61. The summed E-state index contributed by atoms with van der Waals surface area (Å²) < 4.78 is 12.0. The summed E-state index contributed by atoms with van der Waals surface area (Å²) in [6.45, 7) is 3.46. The molecule has 4 rings (SSSR count). The van der Waals surface area contributed by atoms with Gasteiger partial charge in [0.2, 0.25) is 0 Å². The molecule has 0 atom stereocenters. The van der Waals surface area contributed by atoms with Gasteiger partial charge in [0, 0.05) is 18.2 Å². The third-order valence-corrected chi connectivity index (χ3v) is 5.27. The number of likely N-dealkylation sites (N-methyl/N-ethyl adjacent to an activating group) is 1. The molecule has 0 aliphatic rings. The van der Waals surface area contributed by atoms with Crippen LogP contribution in [0.2, 0.25) is 0 Å². The number of fused-ring (bicyclic) bond motifs is 1. The second kappa shape index (κ2) is 10.8. The number of hydrogen-bond acceptors (Lipinski definition) is 8. The summed E-state index contributed by atoms with van der Waals surface area (Å²) in [5.41, 5.74) is 2.84. The van der Waals surface area contributed by atoms with E-state index in [4.69, 9.17) is 14.6 Å². The molecule has 0 saturated heterocycles. The zero-order valence-electron chi connectivity index (χ0n) is 20.1. The molecule has 4 aromatic rings. The van der Waals surface area contributed by atoms with Crippen LogP contribution in [0.3, 0.4) is 0 Å². The second-order valence-electron chi connectivity index (χ2n) is 8.15. The van der Waals surface area contributed by atoms with Crippen molar-refractivity contribution in [3.05, 3.63) is 58.4 Å². The number of rotatable bonds is 10. The number of benzene rings is 2. The van der Waals surface area contributed by atoms with E-state index >= 15 is 0 Å². The van der Waals surface area contributed by atoms with Crippen LogP contribution >= 0.6 is 0 Å². The van der Waals surface area contributed by atoms with Crippen molar-refractivity contribution < 1.29 is 19.4 Å². The number of aromatic amines is 2. The van der Waals surface area contributed by atoms with Crippen molar-refractivity contribution in [2.45, 2.75) is 6.92 Å². The molecule has 2 heterocycles. The lowest BCUT2D eigenvalue weighted by Crippen LogP contribution is -2.19. The van der Waals surface area contributed by atoms with E-state index < -0.39 is 11.5 Å². The zero-order valence-corrected chi connectivity index (χ0v) is 20.1. The van der Waals surface area contributed by atoms with Crippen LogP contribution < -0.4 is 15.0 Å². The maximum absolute atomic E-state index is 12.4. The highest BCUT2D eigenvalue weighted by Crippen LogP contribution is 2.37. The Bertz CT molecular complexity index is 1470. The Morgan fingerprint density at radius 1 is 1.11 bits per heavy atom. The summed E-state index contributed by atoms with van der Waals surface area (Å²) in [5, 5.41) is 19.0. The Hall–Kier alpha value is -4.51. The first-order valence-corrected chi connectivity index (χ1v) is 11.3. The highest BCUT2D eigenvalue weighted by atomic mass is 16.5. The first kappa shape index (κ1) is 24.6. The van der Waals surface area contributed by atoms with Gasteiger partial charge in [-0.2, -0.15) is 0 Å². The molecule has 0 aliphatic heterocycles. The minimum Gasteiger partial charge on any atom is -0.493 e. The monoisotopic (exact) mass is 490 g/mol. The molecule has 3 N–H and O–H groups in total. The summed E-state index contributed by atoms with van der Waals surface area (Å²) in [7, 11) is 3.93. The average molecular weight is 491 g/mol. The summed E-state index contributed by atoms with van der Waals surface area (Å²) in [5.74, 6) is 0.442. The molecule has 0 amide bonds. The lowest BCUT2D eigenvalue weighted by molar-refractivity contribution is -0.131. The van der Waals surface area contributed by atoms with Crippen LogP contribution in [0.15, 0.2) is 47.3 Å². The van der Waals surface area contributed by atoms with Gasteiger partial charge in [-0.1, -0.05) is 17.3 Å². The van der Waals surface area contributed by atoms with Crippen molar-refractivity contribution in [3.8, 4) is 34.0 Å². The van der Waals surface area contributed by atoms with E-state index in [1.54, 1.807) is 12.1 Å². The third kappa shape index (κ3) is 5.58. The highest BCUT2D eigenvalue weighted by molar-refractivity contribution is 5.86. The molecular formula is C25H26N6O5. The van der Waals surface area contributed by atoms with Crippen LogP contribution in [0.5, 0.6) is 11.5 Å². The van der Waals surface area contributed by atoms with Gasteiger partial charge in [0.1, 0.15) is 23.9 Å². The molecule has 0 spiro atoms. The number of H-pyrrole nitrogens is 2. The maximum atomic E-state index is 12.4. The van der Waals surface area contributed by atoms with Crippen LogP contribution in [0.1, 0.15) is 12.5 Å². The molecule has 0 radical (unpaired) electrons. The predicted molar refractivity (Wildman–Crippen MR) is 135 cm³/mol. The molecule has 36 heavy (non-hydrogen) atoms. The second-order valence-corrected chi connectivity index (χ2v) is 8.15. The number of aliphatic carboxylic acids is 1. The van der Waals surface area contributed by atoms with E-state index in [2.05, 4.69) is 25.4 Å². The fourth-order valence-electron chi connectivity index (χ4n) is 3.56. The molecule has 0 unspecified atom stereocenters. The maximum Gasteiger partial charge on any atom is 0.328 e. The molecule has 2 aromatic carbocycles. The van der Waals surface area contributed by atoms with Crippen molar-refractivity contribution in [2.75, 3.05) is 33.9 Å². The number of carboxylic acid groups (broad SMARTS) is 1. The zero-order chi connectivity index (χ0) is 25.7. The Kier molecular flexibility index (Phi) is 7.40. The van der Waals surface area contributed by atoms with E-state index in [1.807, 2.05) is 50.2 Å². The number of aromatic nitrogens is 5. The molecule has 186 valence electrons. The molecule has 0 bridgehead atoms. The number of hydrogen-bond donors (Lipinski definition) is 3. The first-order chi connectivity index (χ1) is 17.4. The number of nitrogens with zero attached hydrogens (tertiary/aromatic N) is 4. The van der Waals surface area contributed by atoms with Gasteiger partial charge in [-0.25, -0.2) is 14.9 Å². The molecule has 0 fully saturated rings. The van der Waals surface area contributed by atoms with E-state index in [0.29, 0.717) is 41.7 Å². The Morgan fingerprint density at radius 3 is 2.69 bits per heavy atom. The molecule has 0 saturated carbocycles. The SMILES string of the molecule is CCOc1cc(-c2cc(C=CC(=O)O)ccc2OCCN(C)C)ccc1-c1nc2[nH]nnc2c(=O)[nH]1. The van der Waals surface area contributed by atoms with Gasteiger partial charge in [-0.05, 0) is 62.5 Å². The van der Waals surface area contributed by atoms with Gasteiger partial charge in [0.25, 0.3) is 5.56 Å². The Morgan fingerprint density at radius 2 is 1.94 bits per heavy atom. The highest BCUT2D eigenvalue weighted by Gasteiger charge is 2.16. The van der Waals surface area contributed by atoms with Crippen molar-refractivity contribution in [3.63, 3.8) is 0 Å². The van der Waals surface area contributed by atoms with Gasteiger partial charge in [-0.3, -0.25) is 4.79 Å².